The number of aliphatic hydroxyl groups is 1. The minimum absolute atomic E-state index is 0.0468. The molecule has 3 rings (SSSR count). The summed E-state index contributed by atoms with van der Waals surface area (Å²) in [5.74, 6) is 1.20. The normalized spacial score (nSPS) is 12.3. The molecule has 3 aromatic carbocycles. The lowest BCUT2D eigenvalue weighted by Crippen LogP contribution is -2.17. The van der Waals surface area contributed by atoms with Crippen molar-refractivity contribution >= 4 is 10.8 Å². The lowest BCUT2D eigenvalue weighted by molar-refractivity contribution is 0.0791. The molecule has 0 aromatic heterocycles. The van der Waals surface area contributed by atoms with Crippen molar-refractivity contribution < 1.29 is 19.7 Å². The Morgan fingerprint density at radius 3 is 1.72 bits per heavy atom. The quantitative estimate of drug-likeness (QED) is 0.591. The van der Waals surface area contributed by atoms with Crippen molar-refractivity contribution in [1.29, 1.82) is 0 Å². The number of benzene rings is 3. The second kappa shape index (κ2) is 7.27. The summed E-state index contributed by atoms with van der Waals surface area (Å²) < 4.78 is 10.9. The fourth-order valence-corrected chi connectivity index (χ4v) is 3.66. The smallest absolute Gasteiger partial charge is 0.161 e. The van der Waals surface area contributed by atoms with Gasteiger partial charge in [0.1, 0.15) is 5.75 Å². The fourth-order valence-electron chi connectivity index (χ4n) is 3.66. The number of rotatable bonds is 4. The maximum Gasteiger partial charge on any atom is 0.161 e. The van der Waals surface area contributed by atoms with Crippen molar-refractivity contribution in [3.05, 3.63) is 53.6 Å². The molecule has 0 fully saturated rings. The lowest BCUT2D eigenvalue weighted by Gasteiger charge is -2.25. The van der Waals surface area contributed by atoms with Gasteiger partial charge in [-0.2, -0.15) is 0 Å². The predicted octanol–water partition coefficient (Wildman–Crippen LogP) is 5.75. The van der Waals surface area contributed by atoms with Crippen LogP contribution in [0.25, 0.3) is 21.9 Å². The van der Waals surface area contributed by atoms with Crippen LogP contribution in [0.3, 0.4) is 0 Å². The van der Waals surface area contributed by atoms with Gasteiger partial charge in [-0.25, -0.2) is 0 Å². The third-order valence-corrected chi connectivity index (χ3v) is 5.32. The largest absolute Gasteiger partial charge is 0.507 e. The number of fused-ring (bicyclic) bond motifs is 1. The fraction of sp³-hybridized carbons (Fsp3) is 0.360. The Labute approximate surface area is 172 Å². The van der Waals surface area contributed by atoms with E-state index in [1.54, 1.807) is 40.2 Å². The van der Waals surface area contributed by atoms with Crippen LogP contribution in [0.2, 0.25) is 0 Å². The van der Waals surface area contributed by atoms with Crippen LogP contribution in [0.15, 0.2) is 42.5 Å². The van der Waals surface area contributed by atoms with E-state index >= 15 is 0 Å². The Kier molecular flexibility index (Phi) is 5.26. The third kappa shape index (κ3) is 3.90. The maximum atomic E-state index is 10.9. The summed E-state index contributed by atoms with van der Waals surface area (Å²) >= 11 is 0. The molecule has 0 spiro atoms. The number of methoxy groups -OCH3 is 2. The first-order chi connectivity index (χ1) is 13.5. The van der Waals surface area contributed by atoms with E-state index in [-0.39, 0.29) is 11.2 Å². The van der Waals surface area contributed by atoms with Gasteiger partial charge >= 0.3 is 0 Å². The van der Waals surface area contributed by atoms with Crippen molar-refractivity contribution in [2.75, 3.05) is 14.2 Å². The average molecular weight is 395 g/mol. The van der Waals surface area contributed by atoms with Gasteiger partial charge < -0.3 is 19.7 Å². The summed E-state index contributed by atoms with van der Waals surface area (Å²) in [6, 6.07) is 13.6. The van der Waals surface area contributed by atoms with Crippen LogP contribution in [0.1, 0.15) is 45.7 Å². The highest BCUT2D eigenvalue weighted by Gasteiger charge is 2.26. The van der Waals surface area contributed by atoms with Crippen molar-refractivity contribution in [2.24, 2.45) is 0 Å². The van der Waals surface area contributed by atoms with E-state index in [0.29, 0.717) is 22.4 Å². The number of aromatic hydroxyl groups is 1. The van der Waals surface area contributed by atoms with Gasteiger partial charge in [-0.1, -0.05) is 45.0 Å². The molecule has 0 aliphatic heterocycles. The van der Waals surface area contributed by atoms with E-state index in [2.05, 4.69) is 45.0 Å². The lowest BCUT2D eigenvalue weighted by atomic mass is 9.83. The molecule has 0 bridgehead atoms. The molecule has 2 N–H and O–H groups in total. The Morgan fingerprint density at radius 2 is 1.28 bits per heavy atom. The van der Waals surface area contributed by atoms with E-state index in [1.807, 2.05) is 6.07 Å². The van der Waals surface area contributed by atoms with E-state index in [0.717, 1.165) is 16.5 Å². The summed E-state index contributed by atoms with van der Waals surface area (Å²) in [5, 5.41) is 23.0. The van der Waals surface area contributed by atoms with E-state index in [1.165, 1.54) is 5.56 Å². The standard InChI is InChI=1S/C25H30O4/c1-24(2,3)16-10-8-15(9-11-16)23-18-13-22(29-7)21(28-6)12-17(18)20(26)14-19(23)25(4,5)27/h8-14,26-27H,1-7H3. The molecular weight excluding hydrogens is 364 g/mol. The molecule has 0 unspecified atom stereocenters. The first kappa shape index (κ1) is 21.0. The second-order valence-electron chi connectivity index (χ2n) is 8.96. The molecule has 0 amide bonds. The van der Waals surface area contributed by atoms with Crippen LogP contribution in [0.5, 0.6) is 17.2 Å². The molecule has 4 heteroatoms. The van der Waals surface area contributed by atoms with Crippen LogP contribution in [-0.2, 0) is 11.0 Å². The molecule has 154 valence electrons. The second-order valence-corrected chi connectivity index (χ2v) is 8.96. The summed E-state index contributed by atoms with van der Waals surface area (Å²) in [6.07, 6.45) is 0. The minimum atomic E-state index is -1.14. The summed E-state index contributed by atoms with van der Waals surface area (Å²) in [7, 11) is 3.15. The van der Waals surface area contributed by atoms with Crippen molar-refractivity contribution in [3.8, 4) is 28.4 Å². The van der Waals surface area contributed by atoms with Crippen LogP contribution in [0, 0.1) is 0 Å². The summed E-state index contributed by atoms with van der Waals surface area (Å²) in [6.45, 7) is 9.98. The van der Waals surface area contributed by atoms with Gasteiger partial charge in [-0.15, -0.1) is 0 Å². The number of phenolic OH excluding ortho intramolecular Hbond substituents is 1. The van der Waals surface area contributed by atoms with Crippen molar-refractivity contribution in [3.63, 3.8) is 0 Å². The zero-order valence-electron chi connectivity index (χ0n) is 18.3. The maximum absolute atomic E-state index is 10.9. The van der Waals surface area contributed by atoms with Crippen molar-refractivity contribution in [1.82, 2.24) is 0 Å². The highest BCUT2D eigenvalue weighted by Crippen LogP contribution is 2.45. The first-order valence-electron chi connectivity index (χ1n) is 9.73. The number of ether oxygens (including phenoxy) is 2. The van der Waals surface area contributed by atoms with Gasteiger partial charge in [0.2, 0.25) is 0 Å². The number of hydrogen-bond donors (Lipinski definition) is 2. The van der Waals surface area contributed by atoms with Crippen LogP contribution >= 0.6 is 0 Å². The van der Waals surface area contributed by atoms with Gasteiger partial charge in [-0.05, 0) is 65.1 Å². The molecule has 0 atom stereocenters. The summed E-state index contributed by atoms with van der Waals surface area (Å²) in [4.78, 5) is 0. The van der Waals surface area contributed by atoms with Gasteiger partial charge in [0, 0.05) is 5.39 Å². The van der Waals surface area contributed by atoms with Gasteiger partial charge in [-0.3, -0.25) is 0 Å². The highest BCUT2D eigenvalue weighted by molar-refractivity contribution is 6.03. The minimum Gasteiger partial charge on any atom is -0.507 e. The Balaban J connectivity index is 2.40. The average Bonchev–Trinajstić information content (AvgIpc) is 2.65. The molecule has 0 radical (unpaired) electrons. The number of hydrogen-bond acceptors (Lipinski definition) is 4. The highest BCUT2D eigenvalue weighted by atomic mass is 16.5. The zero-order valence-corrected chi connectivity index (χ0v) is 18.3. The Morgan fingerprint density at radius 1 is 0.759 bits per heavy atom. The topological polar surface area (TPSA) is 58.9 Å². The van der Waals surface area contributed by atoms with Crippen LogP contribution in [-0.4, -0.2) is 24.4 Å². The van der Waals surface area contributed by atoms with Crippen LogP contribution < -0.4 is 9.47 Å². The predicted molar refractivity (Wildman–Crippen MR) is 118 cm³/mol. The summed E-state index contributed by atoms with van der Waals surface area (Å²) in [5.41, 5.74) is 2.62. The van der Waals surface area contributed by atoms with E-state index in [9.17, 15) is 10.2 Å². The SMILES string of the molecule is COc1cc2c(O)cc(C(C)(C)O)c(-c3ccc(C(C)(C)C)cc3)c2cc1OC. The molecule has 0 heterocycles. The molecule has 3 aromatic rings. The third-order valence-electron chi connectivity index (χ3n) is 5.32. The van der Waals surface area contributed by atoms with Crippen LogP contribution in [0.4, 0.5) is 0 Å². The molecule has 0 aliphatic rings. The molecule has 4 nitrogen and oxygen atoms in total. The van der Waals surface area contributed by atoms with E-state index < -0.39 is 5.60 Å². The molecule has 29 heavy (non-hydrogen) atoms. The first-order valence-corrected chi connectivity index (χ1v) is 9.73. The van der Waals surface area contributed by atoms with Gasteiger partial charge in [0.25, 0.3) is 0 Å². The Bertz CT molecular complexity index is 1040. The Hall–Kier alpha value is -2.72. The molecule has 0 aliphatic carbocycles. The zero-order chi connectivity index (χ0) is 21.6. The van der Waals surface area contributed by atoms with Gasteiger partial charge in [0.15, 0.2) is 11.5 Å². The van der Waals surface area contributed by atoms with E-state index in [4.69, 9.17) is 9.47 Å². The molecule has 0 saturated heterocycles. The van der Waals surface area contributed by atoms with Crippen molar-refractivity contribution in [2.45, 2.75) is 45.6 Å². The van der Waals surface area contributed by atoms with Gasteiger partial charge in [0.05, 0.1) is 19.8 Å². The molecule has 0 saturated carbocycles. The monoisotopic (exact) mass is 394 g/mol. The molecular formula is C25H30O4. The number of phenols is 1.